The number of sulfonamides is 1. The van der Waals surface area contributed by atoms with E-state index >= 15 is 0 Å². The van der Waals surface area contributed by atoms with Crippen molar-refractivity contribution in [3.63, 3.8) is 0 Å². The smallest absolute Gasteiger partial charge is 0.491 e. The monoisotopic (exact) mass is 546 g/mol. The van der Waals surface area contributed by atoms with Crippen LogP contribution in [0.2, 0.25) is 0 Å². The molecule has 5 N–H and O–H groups in total. The van der Waals surface area contributed by atoms with E-state index in [2.05, 4.69) is 10.2 Å². The SMILES string of the molecule is Cc1ccccc1S(=O)(=O)N[C@@H](Cc1ccc(OCCCONC(=N)N)cc1)C(=O)OC(=O)C(F)(F)F. The third-order valence-electron chi connectivity index (χ3n) is 4.59. The molecule has 2 aromatic rings. The van der Waals surface area contributed by atoms with Crippen LogP contribution in [-0.4, -0.2) is 51.7 Å². The summed E-state index contributed by atoms with van der Waals surface area (Å²) in [6.45, 7) is 1.95. The number of guanidine groups is 1. The van der Waals surface area contributed by atoms with Gasteiger partial charge >= 0.3 is 18.1 Å². The molecule has 15 heteroatoms. The standard InChI is InChI=1S/C22H25F3N4O7S/c1-14-5-2-3-6-18(14)37(32,33)29-17(19(30)36-20(31)22(23,24)25)13-15-7-9-16(10-8-15)34-11-4-12-35-28-21(26)27/h2-3,5-10,17,29H,4,11-13H2,1H3,(H4,26,27,28)/t17-/m0/s1. The molecule has 1 atom stereocenters. The summed E-state index contributed by atoms with van der Waals surface area (Å²) in [5.74, 6) is -4.40. The molecule has 0 aromatic heterocycles. The Kier molecular flexibility index (Phi) is 10.4. The quantitative estimate of drug-likeness (QED) is 0.0773. The zero-order valence-corrected chi connectivity index (χ0v) is 20.3. The van der Waals surface area contributed by atoms with Crippen LogP contribution in [0.1, 0.15) is 17.5 Å². The number of esters is 2. The summed E-state index contributed by atoms with van der Waals surface area (Å²) in [4.78, 5) is 28.3. The maximum Gasteiger partial charge on any atom is 0.491 e. The number of nitrogens with two attached hydrogens (primary N) is 1. The molecule has 0 amide bonds. The fourth-order valence-corrected chi connectivity index (χ4v) is 4.34. The molecule has 11 nitrogen and oxygen atoms in total. The number of aryl methyl sites for hydroxylation is 1. The summed E-state index contributed by atoms with van der Waals surface area (Å²) in [6.07, 6.45) is -5.41. The highest BCUT2D eigenvalue weighted by atomic mass is 32.2. The molecule has 0 aliphatic rings. The molecule has 0 spiro atoms. The van der Waals surface area contributed by atoms with Gasteiger partial charge in [-0.05, 0) is 42.7 Å². The van der Waals surface area contributed by atoms with Crippen LogP contribution >= 0.6 is 0 Å². The zero-order chi connectivity index (χ0) is 27.6. The van der Waals surface area contributed by atoms with Gasteiger partial charge in [-0.3, -0.25) is 10.2 Å². The first-order valence-electron chi connectivity index (χ1n) is 10.6. The molecule has 0 unspecified atom stereocenters. The summed E-state index contributed by atoms with van der Waals surface area (Å²) in [5, 5.41) is 6.94. The van der Waals surface area contributed by atoms with Crippen molar-refractivity contribution in [1.82, 2.24) is 10.2 Å². The first kappa shape index (κ1) is 29.5. The van der Waals surface area contributed by atoms with E-state index in [1.165, 1.54) is 49.4 Å². The number of hydroxylamine groups is 1. The Morgan fingerprint density at radius 1 is 1.08 bits per heavy atom. The number of nitrogens with one attached hydrogen (secondary N) is 3. The number of hydrogen-bond donors (Lipinski definition) is 4. The van der Waals surface area contributed by atoms with Crippen molar-refractivity contribution in [1.29, 1.82) is 5.41 Å². The molecule has 0 fully saturated rings. The van der Waals surface area contributed by atoms with Crippen molar-refractivity contribution in [2.45, 2.75) is 36.9 Å². The van der Waals surface area contributed by atoms with Gasteiger partial charge in [-0.2, -0.15) is 17.9 Å². The average Bonchev–Trinajstić information content (AvgIpc) is 2.81. The molecule has 37 heavy (non-hydrogen) atoms. The number of ether oxygens (including phenoxy) is 2. The fourth-order valence-electron chi connectivity index (χ4n) is 2.91. The molecule has 0 radical (unpaired) electrons. The summed E-state index contributed by atoms with van der Waals surface area (Å²) in [5.41, 5.74) is 7.90. The van der Waals surface area contributed by atoms with Crippen LogP contribution < -0.4 is 20.7 Å². The van der Waals surface area contributed by atoms with Gasteiger partial charge in [-0.25, -0.2) is 23.5 Å². The lowest BCUT2D eigenvalue weighted by atomic mass is 10.1. The minimum atomic E-state index is -5.44. The number of benzene rings is 2. The van der Waals surface area contributed by atoms with E-state index in [4.69, 9.17) is 20.7 Å². The summed E-state index contributed by atoms with van der Waals surface area (Å²) >= 11 is 0. The molecule has 2 aromatic carbocycles. The van der Waals surface area contributed by atoms with Crippen molar-refractivity contribution in [2.75, 3.05) is 13.2 Å². The number of alkyl halides is 3. The van der Waals surface area contributed by atoms with Gasteiger partial charge in [0.15, 0.2) is 0 Å². The van der Waals surface area contributed by atoms with Crippen molar-refractivity contribution in [3.8, 4) is 5.75 Å². The number of carbonyl (C=O) groups excluding carboxylic acids is 2. The van der Waals surface area contributed by atoms with Crippen LogP contribution in [0.15, 0.2) is 53.4 Å². The van der Waals surface area contributed by atoms with E-state index in [9.17, 15) is 31.2 Å². The number of hydrogen-bond acceptors (Lipinski definition) is 8. The minimum Gasteiger partial charge on any atom is -0.494 e. The van der Waals surface area contributed by atoms with E-state index in [-0.39, 0.29) is 24.1 Å². The normalized spacial score (nSPS) is 12.4. The van der Waals surface area contributed by atoms with Gasteiger partial charge in [-0.1, -0.05) is 30.3 Å². The summed E-state index contributed by atoms with van der Waals surface area (Å²) in [6, 6.07) is 9.89. The van der Waals surface area contributed by atoms with Gasteiger partial charge in [0.05, 0.1) is 18.1 Å². The summed E-state index contributed by atoms with van der Waals surface area (Å²) < 4.78 is 74.9. The van der Waals surface area contributed by atoms with Gasteiger partial charge in [0.25, 0.3) is 0 Å². The van der Waals surface area contributed by atoms with Crippen molar-refractivity contribution >= 4 is 27.9 Å². The van der Waals surface area contributed by atoms with Gasteiger partial charge in [0.1, 0.15) is 11.8 Å². The topological polar surface area (TPSA) is 170 Å². The van der Waals surface area contributed by atoms with Crippen LogP contribution in [0.3, 0.4) is 0 Å². The Hall–Kier alpha value is -3.69. The Labute approximate surface area is 210 Å². The van der Waals surface area contributed by atoms with Crippen LogP contribution in [0.25, 0.3) is 0 Å². The number of rotatable bonds is 12. The molecule has 202 valence electrons. The Morgan fingerprint density at radius 3 is 2.32 bits per heavy atom. The van der Waals surface area contributed by atoms with Crippen molar-refractivity contribution in [2.24, 2.45) is 5.73 Å². The lowest BCUT2D eigenvalue weighted by molar-refractivity contribution is -0.202. The van der Waals surface area contributed by atoms with Crippen LogP contribution in [0.5, 0.6) is 5.75 Å². The highest BCUT2D eigenvalue weighted by Crippen LogP contribution is 2.20. The third-order valence-corrected chi connectivity index (χ3v) is 6.23. The van der Waals surface area contributed by atoms with E-state index in [0.29, 0.717) is 23.3 Å². The highest BCUT2D eigenvalue weighted by molar-refractivity contribution is 7.89. The average molecular weight is 547 g/mol. The van der Waals surface area contributed by atoms with E-state index in [0.717, 1.165) is 0 Å². The lowest BCUT2D eigenvalue weighted by Gasteiger charge is -2.18. The van der Waals surface area contributed by atoms with E-state index in [1.54, 1.807) is 6.07 Å². The van der Waals surface area contributed by atoms with Gasteiger partial charge in [0, 0.05) is 6.42 Å². The third kappa shape index (κ3) is 9.70. The number of carbonyl (C=O) groups is 2. The second kappa shape index (κ2) is 13.0. The summed E-state index contributed by atoms with van der Waals surface area (Å²) in [7, 11) is -4.37. The van der Waals surface area contributed by atoms with Crippen LogP contribution in [-0.2, 0) is 35.6 Å². The minimum absolute atomic E-state index is 0.193. The molecular weight excluding hydrogens is 521 g/mol. The largest absolute Gasteiger partial charge is 0.494 e. The molecule has 2 rings (SSSR count). The molecule has 0 aliphatic carbocycles. The molecule has 0 aliphatic heterocycles. The van der Waals surface area contributed by atoms with E-state index in [1.807, 2.05) is 4.72 Å². The van der Waals surface area contributed by atoms with Crippen LogP contribution in [0, 0.1) is 12.3 Å². The maximum atomic E-state index is 12.8. The zero-order valence-electron chi connectivity index (χ0n) is 19.5. The van der Waals surface area contributed by atoms with E-state index < -0.39 is 40.6 Å². The highest BCUT2D eigenvalue weighted by Gasteiger charge is 2.43. The molecule has 0 saturated carbocycles. The predicted molar refractivity (Wildman–Crippen MR) is 124 cm³/mol. The second-order valence-electron chi connectivity index (χ2n) is 7.56. The second-order valence-corrected chi connectivity index (χ2v) is 9.24. The van der Waals surface area contributed by atoms with Gasteiger partial charge in [-0.15, -0.1) is 0 Å². The molecule has 0 heterocycles. The lowest BCUT2D eigenvalue weighted by Crippen LogP contribution is -2.45. The molecule has 0 saturated heterocycles. The Balaban J connectivity index is 2.12. The Bertz CT molecular complexity index is 1210. The van der Waals surface area contributed by atoms with Gasteiger partial charge in [0.2, 0.25) is 16.0 Å². The predicted octanol–water partition coefficient (Wildman–Crippen LogP) is 1.70. The maximum absolute atomic E-state index is 12.8. The van der Waals surface area contributed by atoms with Gasteiger partial charge < -0.3 is 15.2 Å². The van der Waals surface area contributed by atoms with Crippen molar-refractivity contribution < 1.29 is 45.5 Å². The first-order chi connectivity index (χ1) is 17.3. The molecule has 0 bridgehead atoms. The van der Waals surface area contributed by atoms with Crippen molar-refractivity contribution in [3.05, 3.63) is 59.7 Å². The molecular formula is C22H25F3N4O7S. The van der Waals surface area contributed by atoms with Crippen LogP contribution in [0.4, 0.5) is 13.2 Å². The first-order valence-corrected chi connectivity index (χ1v) is 12.1. The number of halogens is 3. The Morgan fingerprint density at radius 2 is 1.73 bits per heavy atom. The fraction of sp³-hybridized carbons (Fsp3) is 0.318.